The highest BCUT2D eigenvalue weighted by molar-refractivity contribution is 7.89. The number of nitrogens with one attached hydrogen (secondary N) is 1. The molecule has 1 heterocycles. The molecule has 0 aliphatic heterocycles. The highest BCUT2D eigenvalue weighted by Gasteiger charge is 2.21. The first-order valence-corrected chi connectivity index (χ1v) is 8.80. The molecule has 2 rings (SSSR count). The average molecular weight is 339 g/mol. The molecule has 0 unspecified atom stereocenters. The summed E-state index contributed by atoms with van der Waals surface area (Å²) in [6, 6.07) is 4.82. The SMILES string of the molecule is Cc1ccc(NC(=O)c2scnc2C)cc1S(=O)(=O)N(C)C. The lowest BCUT2D eigenvalue weighted by molar-refractivity contribution is 0.102. The predicted octanol–water partition coefficient (Wildman–Crippen LogP) is 2.26. The fourth-order valence-electron chi connectivity index (χ4n) is 1.86. The standard InChI is InChI=1S/C14H17N3O3S2/c1-9-5-6-11(7-12(9)22(19,20)17(3)4)16-14(18)13-10(2)15-8-21-13/h5-8H,1-4H3,(H,16,18). The van der Waals surface area contributed by atoms with Crippen molar-refractivity contribution < 1.29 is 13.2 Å². The van der Waals surface area contributed by atoms with Crippen molar-refractivity contribution >= 4 is 33.0 Å². The van der Waals surface area contributed by atoms with Crippen LogP contribution in [-0.2, 0) is 10.0 Å². The third-order valence-electron chi connectivity index (χ3n) is 3.16. The van der Waals surface area contributed by atoms with E-state index in [9.17, 15) is 13.2 Å². The highest BCUT2D eigenvalue weighted by atomic mass is 32.2. The zero-order valence-electron chi connectivity index (χ0n) is 12.7. The number of benzene rings is 1. The summed E-state index contributed by atoms with van der Waals surface area (Å²) in [5, 5.41) is 2.71. The first-order valence-electron chi connectivity index (χ1n) is 6.48. The molecule has 0 saturated heterocycles. The van der Waals surface area contributed by atoms with Crippen molar-refractivity contribution in [2.24, 2.45) is 0 Å². The predicted molar refractivity (Wildman–Crippen MR) is 86.9 cm³/mol. The van der Waals surface area contributed by atoms with Crippen LogP contribution in [0, 0.1) is 13.8 Å². The number of carbonyl (C=O) groups excluding carboxylic acids is 1. The summed E-state index contributed by atoms with van der Waals surface area (Å²) in [4.78, 5) is 16.9. The third-order valence-corrected chi connectivity index (χ3v) is 6.04. The molecule has 8 heteroatoms. The number of anilines is 1. The largest absolute Gasteiger partial charge is 0.321 e. The lowest BCUT2D eigenvalue weighted by Crippen LogP contribution is -2.23. The molecule has 6 nitrogen and oxygen atoms in total. The normalized spacial score (nSPS) is 11.7. The number of rotatable bonds is 4. The van der Waals surface area contributed by atoms with Gasteiger partial charge in [0.2, 0.25) is 10.0 Å². The summed E-state index contributed by atoms with van der Waals surface area (Å²) in [7, 11) is -0.610. The zero-order valence-corrected chi connectivity index (χ0v) is 14.4. The average Bonchev–Trinajstić information content (AvgIpc) is 2.86. The number of sulfonamides is 1. The number of hydrogen-bond donors (Lipinski definition) is 1. The monoisotopic (exact) mass is 339 g/mol. The molecule has 1 N–H and O–H groups in total. The molecule has 1 aromatic heterocycles. The molecule has 22 heavy (non-hydrogen) atoms. The summed E-state index contributed by atoms with van der Waals surface area (Å²) in [5.41, 5.74) is 3.31. The molecule has 0 aliphatic carbocycles. The Kier molecular flexibility index (Phi) is 4.64. The van der Waals surface area contributed by atoms with Crippen LogP contribution < -0.4 is 5.32 Å². The fourth-order valence-corrected chi connectivity index (χ4v) is 3.70. The van der Waals surface area contributed by atoms with E-state index in [-0.39, 0.29) is 10.8 Å². The Morgan fingerprint density at radius 2 is 1.95 bits per heavy atom. The quantitative estimate of drug-likeness (QED) is 0.927. The molecule has 2 aromatic rings. The fraction of sp³-hybridized carbons (Fsp3) is 0.286. The van der Waals surface area contributed by atoms with Crippen LogP contribution in [0.15, 0.2) is 28.6 Å². The van der Waals surface area contributed by atoms with E-state index < -0.39 is 10.0 Å². The van der Waals surface area contributed by atoms with E-state index in [0.29, 0.717) is 21.8 Å². The molecule has 1 amide bonds. The van der Waals surface area contributed by atoms with E-state index in [2.05, 4.69) is 10.3 Å². The van der Waals surface area contributed by atoms with Gasteiger partial charge in [-0.3, -0.25) is 4.79 Å². The van der Waals surface area contributed by atoms with Crippen molar-refractivity contribution in [1.29, 1.82) is 0 Å². The number of aryl methyl sites for hydroxylation is 2. The molecule has 0 atom stereocenters. The van der Waals surface area contributed by atoms with Crippen molar-refractivity contribution in [3.8, 4) is 0 Å². The second-order valence-electron chi connectivity index (χ2n) is 4.99. The highest BCUT2D eigenvalue weighted by Crippen LogP contribution is 2.23. The smallest absolute Gasteiger partial charge is 0.267 e. The molecule has 1 aromatic carbocycles. The van der Waals surface area contributed by atoms with Gasteiger partial charge < -0.3 is 5.32 Å². The number of hydrogen-bond acceptors (Lipinski definition) is 5. The topological polar surface area (TPSA) is 79.4 Å². The number of carbonyl (C=O) groups is 1. The van der Waals surface area contributed by atoms with Crippen molar-refractivity contribution in [2.75, 3.05) is 19.4 Å². The lowest BCUT2D eigenvalue weighted by Gasteiger charge is -2.15. The second-order valence-corrected chi connectivity index (χ2v) is 7.96. The molecule has 0 radical (unpaired) electrons. The summed E-state index contributed by atoms with van der Waals surface area (Å²) in [5.74, 6) is -0.294. The van der Waals surface area contributed by atoms with Crippen LogP contribution >= 0.6 is 11.3 Å². The number of aromatic nitrogens is 1. The van der Waals surface area contributed by atoms with E-state index in [1.54, 1.807) is 31.5 Å². The van der Waals surface area contributed by atoms with E-state index in [4.69, 9.17) is 0 Å². The molecule has 0 aliphatic rings. The molecule has 0 spiro atoms. The van der Waals surface area contributed by atoms with Gasteiger partial charge in [0, 0.05) is 19.8 Å². The summed E-state index contributed by atoms with van der Waals surface area (Å²) in [6.45, 7) is 3.47. The summed E-state index contributed by atoms with van der Waals surface area (Å²) < 4.78 is 25.7. The van der Waals surface area contributed by atoms with Crippen LogP contribution in [0.25, 0.3) is 0 Å². The molecule has 0 bridgehead atoms. The van der Waals surface area contributed by atoms with Gasteiger partial charge in [-0.15, -0.1) is 11.3 Å². The summed E-state index contributed by atoms with van der Waals surface area (Å²) >= 11 is 1.25. The number of amides is 1. The maximum Gasteiger partial charge on any atom is 0.267 e. The minimum absolute atomic E-state index is 0.177. The molecule has 0 saturated carbocycles. The minimum atomic E-state index is -3.56. The maximum atomic E-state index is 12.3. The van der Waals surface area contributed by atoms with Crippen LogP contribution in [0.4, 0.5) is 5.69 Å². The Morgan fingerprint density at radius 3 is 2.50 bits per heavy atom. The second kappa shape index (κ2) is 6.15. The zero-order chi connectivity index (χ0) is 16.5. The van der Waals surface area contributed by atoms with Gasteiger partial charge in [0.1, 0.15) is 4.88 Å². The molecule has 0 fully saturated rings. The van der Waals surface area contributed by atoms with Gasteiger partial charge in [0.25, 0.3) is 5.91 Å². The van der Waals surface area contributed by atoms with Crippen molar-refractivity contribution in [1.82, 2.24) is 9.29 Å². The van der Waals surface area contributed by atoms with Gasteiger partial charge >= 0.3 is 0 Å². The van der Waals surface area contributed by atoms with E-state index in [1.165, 1.54) is 31.5 Å². The van der Waals surface area contributed by atoms with Crippen LogP contribution in [0.2, 0.25) is 0 Å². The van der Waals surface area contributed by atoms with Crippen LogP contribution in [0.1, 0.15) is 20.9 Å². The Hall–Kier alpha value is -1.77. The summed E-state index contributed by atoms with van der Waals surface area (Å²) in [6.07, 6.45) is 0. The Balaban J connectivity index is 2.35. The van der Waals surface area contributed by atoms with Crippen LogP contribution in [-0.4, -0.2) is 37.7 Å². The van der Waals surface area contributed by atoms with Gasteiger partial charge in [-0.1, -0.05) is 6.07 Å². The molecular weight excluding hydrogens is 322 g/mol. The number of thiazole rings is 1. The van der Waals surface area contributed by atoms with E-state index in [1.807, 2.05) is 0 Å². The van der Waals surface area contributed by atoms with Crippen LogP contribution in [0.5, 0.6) is 0 Å². The lowest BCUT2D eigenvalue weighted by atomic mass is 10.2. The maximum absolute atomic E-state index is 12.3. The minimum Gasteiger partial charge on any atom is -0.321 e. The Bertz CT molecular complexity index is 810. The van der Waals surface area contributed by atoms with E-state index in [0.717, 1.165) is 4.31 Å². The Labute approximate surface area is 133 Å². The van der Waals surface area contributed by atoms with E-state index >= 15 is 0 Å². The molecular formula is C14H17N3O3S2. The van der Waals surface area contributed by atoms with Crippen molar-refractivity contribution in [3.05, 3.63) is 39.8 Å². The number of nitrogens with zero attached hydrogens (tertiary/aromatic N) is 2. The van der Waals surface area contributed by atoms with Crippen molar-refractivity contribution in [3.63, 3.8) is 0 Å². The van der Waals surface area contributed by atoms with Gasteiger partial charge in [0.05, 0.1) is 16.1 Å². The first kappa shape index (κ1) is 16.6. The first-order chi connectivity index (χ1) is 10.2. The van der Waals surface area contributed by atoms with Crippen molar-refractivity contribution in [2.45, 2.75) is 18.7 Å². The van der Waals surface area contributed by atoms with Gasteiger partial charge in [-0.2, -0.15) is 0 Å². The molecule has 118 valence electrons. The van der Waals surface area contributed by atoms with Crippen LogP contribution in [0.3, 0.4) is 0 Å². The van der Waals surface area contributed by atoms with Gasteiger partial charge in [0.15, 0.2) is 0 Å². The Morgan fingerprint density at radius 1 is 1.27 bits per heavy atom. The van der Waals surface area contributed by atoms with Gasteiger partial charge in [-0.25, -0.2) is 17.7 Å². The van der Waals surface area contributed by atoms with Gasteiger partial charge in [-0.05, 0) is 31.5 Å². The third kappa shape index (κ3) is 3.18.